The summed E-state index contributed by atoms with van der Waals surface area (Å²) in [5.41, 5.74) is 3.07. The summed E-state index contributed by atoms with van der Waals surface area (Å²) in [6, 6.07) is 12.2. The van der Waals surface area contributed by atoms with Crippen molar-refractivity contribution in [3.8, 4) is 0 Å². The molecule has 2 atom stereocenters. The molecule has 1 aromatic carbocycles. The molecule has 2 aliphatic heterocycles. The third-order valence-electron chi connectivity index (χ3n) is 5.85. The zero-order valence-corrected chi connectivity index (χ0v) is 15.1. The molecule has 130 valence electrons. The summed E-state index contributed by atoms with van der Waals surface area (Å²) < 4.78 is 0. The Labute approximate surface area is 149 Å². The van der Waals surface area contributed by atoms with Crippen LogP contribution in [0, 0.1) is 0 Å². The van der Waals surface area contributed by atoms with Crippen molar-refractivity contribution in [1.82, 2.24) is 9.97 Å². The van der Waals surface area contributed by atoms with E-state index in [4.69, 9.17) is 9.97 Å². The van der Waals surface area contributed by atoms with Crippen molar-refractivity contribution < 1.29 is 0 Å². The molecule has 4 aliphatic rings. The van der Waals surface area contributed by atoms with E-state index < -0.39 is 0 Å². The Bertz CT molecular complexity index is 796. The number of rotatable bonds is 4. The molecule has 2 aromatic rings. The lowest BCUT2D eigenvalue weighted by Gasteiger charge is -2.47. The molecule has 6 rings (SSSR count). The lowest BCUT2D eigenvalue weighted by molar-refractivity contribution is 0.386. The molecule has 0 radical (unpaired) electrons. The topological polar surface area (TPSA) is 41.1 Å². The van der Waals surface area contributed by atoms with Gasteiger partial charge in [-0.25, -0.2) is 9.97 Å². The molecular weight excluding hydrogens is 308 g/mol. The predicted octanol–water partition coefficient (Wildman–Crippen LogP) is 4.61. The van der Waals surface area contributed by atoms with Crippen LogP contribution >= 0.6 is 0 Å². The van der Waals surface area contributed by atoms with Gasteiger partial charge in [0.15, 0.2) is 0 Å². The van der Waals surface area contributed by atoms with Crippen molar-refractivity contribution in [2.24, 2.45) is 0 Å². The molecule has 1 saturated carbocycles. The molecule has 0 spiro atoms. The van der Waals surface area contributed by atoms with Crippen LogP contribution in [0.4, 0.5) is 11.6 Å². The number of fused-ring (bicyclic) bond motifs is 2. The number of hydrogen-bond acceptors (Lipinski definition) is 4. The molecule has 25 heavy (non-hydrogen) atoms. The summed E-state index contributed by atoms with van der Waals surface area (Å²) in [5.74, 6) is 4.04. The van der Waals surface area contributed by atoms with Crippen molar-refractivity contribution >= 4 is 11.6 Å². The molecular formula is C21H26N4. The van der Waals surface area contributed by atoms with E-state index >= 15 is 0 Å². The maximum atomic E-state index is 4.95. The maximum Gasteiger partial charge on any atom is 0.135 e. The molecule has 0 amide bonds. The Morgan fingerprint density at radius 2 is 1.84 bits per heavy atom. The second-order valence-electron chi connectivity index (χ2n) is 8.11. The second kappa shape index (κ2) is 5.72. The molecule has 1 aromatic heterocycles. The minimum atomic E-state index is 0.342. The molecule has 2 bridgehead atoms. The van der Waals surface area contributed by atoms with Gasteiger partial charge < -0.3 is 10.2 Å². The molecule has 2 aliphatic carbocycles. The quantitative estimate of drug-likeness (QED) is 0.886. The second-order valence-corrected chi connectivity index (χ2v) is 8.11. The minimum Gasteiger partial charge on any atom is -0.367 e. The van der Waals surface area contributed by atoms with Gasteiger partial charge in [0.2, 0.25) is 0 Å². The maximum absolute atomic E-state index is 4.95. The van der Waals surface area contributed by atoms with E-state index in [0.717, 1.165) is 24.0 Å². The Kier molecular flexibility index (Phi) is 3.47. The molecule has 0 unspecified atom stereocenters. The fourth-order valence-electron chi connectivity index (χ4n) is 4.36. The largest absolute Gasteiger partial charge is 0.367 e. The first-order valence-electron chi connectivity index (χ1n) is 9.70. The Morgan fingerprint density at radius 3 is 2.60 bits per heavy atom. The SMILES string of the molecule is CC(C)c1nc(NC2CC2)cc(N2C[C@H]3CC[C@H]2c2ccccc23)n1. The monoisotopic (exact) mass is 334 g/mol. The van der Waals surface area contributed by atoms with Crippen LogP contribution in [0.5, 0.6) is 0 Å². The van der Waals surface area contributed by atoms with Gasteiger partial charge in [-0.3, -0.25) is 0 Å². The smallest absolute Gasteiger partial charge is 0.135 e. The van der Waals surface area contributed by atoms with Gasteiger partial charge in [-0.05, 0) is 36.8 Å². The van der Waals surface area contributed by atoms with Gasteiger partial charge in [0.05, 0.1) is 6.04 Å². The molecule has 1 N–H and O–H groups in total. The highest BCUT2D eigenvalue weighted by Crippen LogP contribution is 2.48. The van der Waals surface area contributed by atoms with Crippen LogP contribution in [0.3, 0.4) is 0 Å². The van der Waals surface area contributed by atoms with E-state index in [-0.39, 0.29) is 0 Å². The summed E-state index contributed by atoms with van der Waals surface area (Å²) in [4.78, 5) is 12.2. The van der Waals surface area contributed by atoms with Gasteiger partial charge >= 0.3 is 0 Å². The van der Waals surface area contributed by atoms with Crippen LogP contribution < -0.4 is 10.2 Å². The van der Waals surface area contributed by atoms with Crippen LogP contribution in [0.15, 0.2) is 30.3 Å². The first-order chi connectivity index (χ1) is 12.2. The van der Waals surface area contributed by atoms with E-state index in [2.05, 4.69) is 54.4 Å². The first kappa shape index (κ1) is 15.2. The van der Waals surface area contributed by atoms with Gasteiger partial charge in [0.25, 0.3) is 0 Å². The number of hydrogen-bond donors (Lipinski definition) is 1. The van der Waals surface area contributed by atoms with Crippen molar-refractivity contribution in [2.75, 3.05) is 16.8 Å². The summed E-state index contributed by atoms with van der Waals surface area (Å²) in [6.45, 7) is 5.44. The molecule has 1 saturated heterocycles. The number of benzene rings is 1. The fraction of sp³-hybridized carbons (Fsp3) is 0.524. The first-order valence-corrected chi connectivity index (χ1v) is 9.70. The predicted molar refractivity (Wildman–Crippen MR) is 101 cm³/mol. The number of aromatic nitrogens is 2. The Hall–Kier alpha value is -2.10. The highest BCUT2D eigenvalue weighted by molar-refractivity contribution is 5.56. The average molecular weight is 334 g/mol. The third kappa shape index (κ3) is 2.68. The fourth-order valence-corrected chi connectivity index (χ4v) is 4.36. The number of nitrogens with zero attached hydrogens (tertiary/aromatic N) is 3. The zero-order valence-electron chi connectivity index (χ0n) is 15.1. The summed E-state index contributed by atoms with van der Waals surface area (Å²) >= 11 is 0. The van der Waals surface area contributed by atoms with E-state index in [1.165, 1.54) is 31.2 Å². The van der Waals surface area contributed by atoms with Gasteiger partial charge in [-0.15, -0.1) is 0 Å². The Balaban J connectivity index is 1.54. The summed E-state index contributed by atoms with van der Waals surface area (Å²) in [6.07, 6.45) is 5.05. The van der Waals surface area contributed by atoms with Crippen molar-refractivity contribution in [3.63, 3.8) is 0 Å². The minimum absolute atomic E-state index is 0.342. The average Bonchev–Trinajstić information content (AvgIpc) is 3.46. The van der Waals surface area contributed by atoms with Gasteiger partial charge in [-0.2, -0.15) is 0 Å². The van der Waals surface area contributed by atoms with Gasteiger partial charge in [0, 0.05) is 30.5 Å². The van der Waals surface area contributed by atoms with Crippen LogP contribution in [0.2, 0.25) is 0 Å². The van der Waals surface area contributed by atoms with Crippen molar-refractivity contribution in [2.45, 2.75) is 63.5 Å². The van der Waals surface area contributed by atoms with Crippen molar-refractivity contribution in [1.29, 1.82) is 0 Å². The standard InChI is InChI=1S/C21H26N4/c1-13(2)21-23-19(22-15-8-9-15)11-20(24-21)25-12-14-7-10-18(25)17-6-4-3-5-16(14)17/h3-6,11,13-15,18H,7-10,12H2,1-2H3,(H,22,23,24)/t14-,18+/m1/s1. The van der Waals surface area contributed by atoms with Gasteiger partial charge in [0.1, 0.15) is 17.5 Å². The van der Waals surface area contributed by atoms with E-state index in [9.17, 15) is 0 Å². The zero-order chi connectivity index (χ0) is 17.0. The van der Waals surface area contributed by atoms with E-state index in [1.54, 1.807) is 5.56 Å². The third-order valence-corrected chi connectivity index (χ3v) is 5.85. The highest BCUT2D eigenvalue weighted by atomic mass is 15.2. The summed E-state index contributed by atoms with van der Waals surface area (Å²) in [7, 11) is 0. The molecule has 2 fully saturated rings. The van der Waals surface area contributed by atoms with Crippen LogP contribution in [-0.2, 0) is 0 Å². The van der Waals surface area contributed by atoms with Crippen LogP contribution in [0.1, 0.15) is 74.4 Å². The Morgan fingerprint density at radius 1 is 1.04 bits per heavy atom. The number of piperidine rings is 1. The molecule has 4 nitrogen and oxygen atoms in total. The van der Waals surface area contributed by atoms with E-state index in [1.807, 2.05) is 0 Å². The van der Waals surface area contributed by atoms with E-state index in [0.29, 0.717) is 23.9 Å². The highest BCUT2D eigenvalue weighted by Gasteiger charge is 2.38. The normalized spacial score (nSPS) is 24.5. The summed E-state index contributed by atoms with van der Waals surface area (Å²) in [5, 5.41) is 3.58. The lowest BCUT2D eigenvalue weighted by Crippen LogP contribution is -2.43. The molecule has 4 heteroatoms. The lowest BCUT2D eigenvalue weighted by atomic mass is 9.75. The molecule has 3 heterocycles. The van der Waals surface area contributed by atoms with Gasteiger partial charge in [-0.1, -0.05) is 38.1 Å². The number of anilines is 2. The van der Waals surface area contributed by atoms with Crippen LogP contribution in [-0.4, -0.2) is 22.6 Å². The van der Waals surface area contributed by atoms with Crippen molar-refractivity contribution in [3.05, 3.63) is 47.3 Å². The van der Waals surface area contributed by atoms with Crippen LogP contribution in [0.25, 0.3) is 0 Å². The number of nitrogens with one attached hydrogen (secondary N) is 1.